The van der Waals surface area contributed by atoms with Gasteiger partial charge in [-0.25, -0.2) is 0 Å². The molecule has 2 atom stereocenters. The highest BCUT2D eigenvalue weighted by Gasteiger charge is 2.50. The minimum Gasteiger partial charge on any atom is -0.496 e. The summed E-state index contributed by atoms with van der Waals surface area (Å²) in [5.74, 6) is 0.956. The summed E-state index contributed by atoms with van der Waals surface area (Å²) in [6.45, 7) is 2.19. The standard InChI is InChI=1S/C11H15NO/c1-11(7-10(11)12)8-5-3-4-6-9(8)13-2/h3-6,10H,7,12H2,1-2H3/t10-,11+/m0/s1. The van der Waals surface area contributed by atoms with Crippen LogP contribution in [0.25, 0.3) is 0 Å². The van der Waals surface area contributed by atoms with E-state index < -0.39 is 0 Å². The van der Waals surface area contributed by atoms with Crippen molar-refractivity contribution in [2.75, 3.05) is 7.11 Å². The first kappa shape index (κ1) is 8.57. The molecule has 2 nitrogen and oxygen atoms in total. The van der Waals surface area contributed by atoms with Gasteiger partial charge >= 0.3 is 0 Å². The highest BCUT2D eigenvalue weighted by molar-refractivity contribution is 5.45. The van der Waals surface area contributed by atoms with E-state index in [4.69, 9.17) is 10.5 Å². The van der Waals surface area contributed by atoms with E-state index in [-0.39, 0.29) is 5.41 Å². The van der Waals surface area contributed by atoms with E-state index in [1.54, 1.807) is 7.11 Å². The summed E-state index contributed by atoms with van der Waals surface area (Å²) in [5.41, 5.74) is 7.29. The third-order valence-electron chi connectivity index (χ3n) is 3.02. The molecule has 0 amide bonds. The lowest BCUT2D eigenvalue weighted by Crippen LogP contribution is -2.15. The fraction of sp³-hybridized carbons (Fsp3) is 0.455. The van der Waals surface area contributed by atoms with E-state index >= 15 is 0 Å². The van der Waals surface area contributed by atoms with Crippen LogP contribution in [-0.2, 0) is 5.41 Å². The van der Waals surface area contributed by atoms with E-state index in [0.29, 0.717) is 6.04 Å². The maximum atomic E-state index is 5.90. The third kappa shape index (κ3) is 1.22. The van der Waals surface area contributed by atoms with Crippen LogP contribution in [0.1, 0.15) is 18.9 Å². The van der Waals surface area contributed by atoms with Crippen LogP contribution >= 0.6 is 0 Å². The van der Waals surface area contributed by atoms with Crippen molar-refractivity contribution >= 4 is 0 Å². The molecule has 1 aromatic rings. The minimum atomic E-state index is 0.145. The molecular weight excluding hydrogens is 162 g/mol. The molecule has 0 bridgehead atoms. The van der Waals surface area contributed by atoms with Gasteiger partial charge < -0.3 is 10.5 Å². The quantitative estimate of drug-likeness (QED) is 0.746. The number of rotatable bonds is 2. The van der Waals surface area contributed by atoms with Crippen LogP contribution in [0.2, 0.25) is 0 Å². The topological polar surface area (TPSA) is 35.2 Å². The average molecular weight is 177 g/mol. The van der Waals surface area contributed by atoms with Gasteiger partial charge in [0, 0.05) is 17.0 Å². The first-order valence-corrected chi connectivity index (χ1v) is 4.57. The van der Waals surface area contributed by atoms with Gasteiger partial charge in [-0.05, 0) is 12.5 Å². The van der Waals surface area contributed by atoms with Gasteiger partial charge in [-0.3, -0.25) is 0 Å². The Kier molecular flexibility index (Phi) is 1.81. The highest BCUT2D eigenvalue weighted by atomic mass is 16.5. The zero-order valence-electron chi connectivity index (χ0n) is 8.08. The third-order valence-corrected chi connectivity index (χ3v) is 3.02. The molecule has 0 aliphatic heterocycles. The number of ether oxygens (including phenoxy) is 1. The molecule has 1 fully saturated rings. The van der Waals surface area contributed by atoms with Gasteiger partial charge in [-0.2, -0.15) is 0 Å². The lowest BCUT2D eigenvalue weighted by Gasteiger charge is -2.14. The predicted molar refractivity (Wildman–Crippen MR) is 52.9 cm³/mol. The van der Waals surface area contributed by atoms with Gasteiger partial charge in [0.2, 0.25) is 0 Å². The second-order valence-electron chi connectivity index (χ2n) is 3.93. The van der Waals surface area contributed by atoms with Crippen molar-refractivity contribution in [1.29, 1.82) is 0 Å². The predicted octanol–water partition coefficient (Wildman–Crippen LogP) is 1.68. The molecular formula is C11H15NO. The van der Waals surface area contributed by atoms with Crippen molar-refractivity contribution < 1.29 is 4.74 Å². The van der Waals surface area contributed by atoms with Crippen molar-refractivity contribution in [3.8, 4) is 5.75 Å². The van der Waals surface area contributed by atoms with Crippen molar-refractivity contribution in [2.24, 2.45) is 5.73 Å². The Morgan fingerprint density at radius 2 is 2.08 bits per heavy atom. The Labute approximate surface area is 78.7 Å². The summed E-state index contributed by atoms with van der Waals surface area (Å²) >= 11 is 0. The van der Waals surface area contributed by atoms with Gasteiger partial charge in [0.25, 0.3) is 0 Å². The number of nitrogens with two attached hydrogens (primary N) is 1. The Morgan fingerprint density at radius 1 is 1.46 bits per heavy atom. The Bertz CT molecular complexity index is 324. The van der Waals surface area contributed by atoms with Crippen molar-refractivity contribution in [3.63, 3.8) is 0 Å². The molecule has 70 valence electrons. The molecule has 2 rings (SSSR count). The fourth-order valence-electron chi connectivity index (χ4n) is 1.82. The lowest BCUT2D eigenvalue weighted by molar-refractivity contribution is 0.405. The molecule has 0 unspecified atom stereocenters. The molecule has 2 heteroatoms. The first-order valence-electron chi connectivity index (χ1n) is 4.57. The van der Waals surface area contributed by atoms with Gasteiger partial charge in [-0.1, -0.05) is 25.1 Å². The smallest absolute Gasteiger partial charge is 0.122 e. The molecule has 1 aromatic carbocycles. The number of methoxy groups -OCH3 is 1. The largest absolute Gasteiger partial charge is 0.496 e. The molecule has 2 N–H and O–H groups in total. The van der Waals surface area contributed by atoms with E-state index in [9.17, 15) is 0 Å². The summed E-state index contributed by atoms with van der Waals surface area (Å²) in [6, 6.07) is 8.41. The zero-order valence-corrected chi connectivity index (χ0v) is 8.08. The Hall–Kier alpha value is -1.02. The Balaban J connectivity index is 2.40. The molecule has 1 aliphatic rings. The van der Waals surface area contributed by atoms with Gasteiger partial charge in [0.05, 0.1) is 7.11 Å². The number of benzene rings is 1. The first-order chi connectivity index (χ1) is 6.18. The van der Waals surface area contributed by atoms with E-state index in [1.165, 1.54) is 5.56 Å². The van der Waals surface area contributed by atoms with Gasteiger partial charge in [-0.15, -0.1) is 0 Å². The van der Waals surface area contributed by atoms with Gasteiger partial charge in [0.1, 0.15) is 5.75 Å². The van der Waals surface area contributed by atoms with Crippen LogP contribution < -0.4 is 10.5 Å². The molecule has 1 aliphatic carbocycles. The Morgan fingerprint density at radius 3 is 2.62 bits per heavy atom. The molecule has 0 radical (unpaired) electrons. The fourth-order valence-corrected chi connectivity index (χ4v) is 1.82. The minimum absolute atomic E-state index is 0.145. The van der Waals surface area contributed by atoms with Crippen LogP contribution in [-0.4, -0.2) is 13.2 Å². The molecule has 0 heterocycles. The molecule has 0 spiro atoms. The normalized spacial score (nSPS) is 31.5. The number of hydrogen-bond acceptors (Lipinski definition) is 2. The van der Waals surface area contributed by atoms with Crippen LogP contribution in [0.4, 0.5) is 0 Å². The van der Waals surface area contributed by atoms with Crippen molar-refractivity contribution in [2.45, 2.75) is 24.8 Å². The summed E-state index contributed by atoms with van der Waals surface area (Å²) in [6.07, 6.45) is 1.06. The van der Waals surface area contributed by atoms with Crippen LogP contribution in [0.5, 0.6) is 5.75 Å². The molecule has 1 saturated carbocycles. The van der Waals surface area contributed by atoms with Crippen LogP contribution in [0.3, 0.4) is 0 Å². The number of hydrogen-bond donors (Lipinski definition) is 1. The summed E-state index contributed by atoms with van der Waals surface area (Å²) < 4.78 is 5.30. The maximum absolute atomic E-state index is 5.90. The second-order valence-corrected chi connectivity index (χ2v) is 3.93. The summed E-state index contributed by atoms with van der Waals surface area (Å²) in [7, 11) is 1.70. The summed E-state index contributed by atoms with van der Waals surface area (Å²) in [5, 5.41) is 0. The highest BCUT2D eigenvalue weighted by Crippen LogP contribution is 2.49. The number of para-hydroxylation sites is 1. The van der Waals surface area contributed by atoms with Crippen molar-refractivity contribution in [3.05, 3.63) is 29.8 Å². The molecule has 0 saturated heterocycles. The van der Waals surface area contributed by atoms with Gasteiger partial charge in [0.15, 0.2) is 0 Å². The van der Waals surface area contributed by atoms with Crippen LogP contribution in [0.15, 0.2) is 24.3 Å². The molecule has 13 heavy (non-hydrogen) atoms. The molecule has 0 aromatic heterocycles. The maximum Gasteiger partial charge on any atom is 0.122 e. The van der Waals surface area contributed by atoms with Crippen LogP contribution in [0, 0.1) is 0 Å². The SMILES string of the molecule is COc1ccccc1[C@@]1(C)C[C@@H]1N. The van der Waals surface area contributed by atoms with Crippen molar-refractivity contribution in [1.82, 2.24) is 0 Å². The monoisotopic (exact) mass is 177 g/mol. The van der Waals surface area contributed by atoms with E-state index in [0.717, 1.165) is 12.2 Å². The van der Waals surface area contributed by atoms with E-state index in [2.05, 4.69) is 13.0 Å². The second kappa shape index (κ2) is 2.74. The van der Waals surface area contributed by atoms with E-state index in [1.807, 2.05) is 18.2 Å². The average Bonchev–Trinajstić information content (AvgIpc) is 2.76. The lowest BCUT2D eigenvalue weighted by atomic mass is 9.96. The summed E-state index contributed by atoms with van der Waals surface area (Å²) in [4.78, 5) is 0. The zero-order chi connectivity index (χ0) is 9.47.